The Hall–Kier alpha value is -2.70. The largest absolute Gasteiger partial charge is 0.362 e. The lowest BCUT2D eigenvalue weighted by molar-refractivity contribution is 0.468. The first-order chi connectivity index (χ1) is 11.6. The summed E-state index contributed by atoms with van der Waals surface area (Å²) in [7, 11) is 3.83. The molecular formula is C17H20N6O. The van der Waals surface area contributed by atoms with E-state index in [-0.39, 0.29) is 5.56 Å². The first kappa shape index (κ1) is 14.9. The Morgan fingerprint density at radius 3 is 2.54 bits per heavy atom. The highest BCUT2D eigenvalue weighted by atomic mass is 16.1. The summed E-state index contributed by atoms with van der Waals surface area (Å²) < 4.78 is 2.06. The smallest absolute Gasteiger partial charge is 0.286 e. The lowest BCUT2D eigenvalue weighted by atomic mass is 10.2. The van der Waals surface area contributed by atoms with E-state index in [9.17, 15) is 4.79 Å². The summed E-state index contributed by atoms with van der Waals surface area (Å²) in [5, 5.41) is 3.38. The van der Waals surface area contributed by atoms with E-state index in [0.717, 1.165) is 24.2 Å². The lowest BCUT2D eigenvalue weighted by Crippen LogP contribution is -2.18. The zero-order valence-corrected chi connectivity index (χ0v) is 13.9. The SMILES string of the molecule is CN(C)c1[nH]n(C2CCCC2)c2nc(-c3ccncc3)nc(=O)c1-2. The standard InChI is InChI=1S/C17H20N6O/c1-22(2)16-13-15(23(21-16)12-5-3-4-6-12)19-14(20-17(13)24)11-7-9-18-10-8-11/h7-10,12,21H,3-6H2,1-2H3. The Morgan fingerprint density at radius 1 is 1.17 bits per heavy atom. The van der Waals surface area contributed by atoms with Crippen molar-refractivity contribution in [2.24, 2.45) is 0 Å². The van der Waals surface area contributed by atoms with Gasteiger partial charge in [-0.2, -0.15) is 4.98 Å². The summed E-state index contributed by atoms with van der Waals surface area (Å²) in [4.78, 5) is 27.5. The van der Waals surface area contributed by atoms with Crippen molar-refractivity contribution in [2.75, 3.05) is 19.0 Å². The molecule has 4 rings (SSSR count). The third kappa shape index (κ3) is 2.36. The third-order valence-corrected chi connectivity index (χ3v) is 4.62. The van der Waals surface area contributed by atoms with Crippen LogP contribution in [0.15, 0.2) is 29.3 Å². The van der Waals surface area contributed by atoms with Crippen LogP contribution in [-0.2, 0) is 0 Å². The molecule has 0 unspecified atom stereocenters. The monoisotopic (exact) mass is 324 g/mol. The molecule has 124 valence electrons. The highest BCUT2D eigenvalue weighted by Gasteiger charge is 2.29. The van der Waals surface area contributed by atoms with Crippen LogP contribution in [0.3, 0.4) is 0 Å². The molecule has 1 saturated carbocycles. The normalized spacial score (nSPS) is 15.2. The fraction of sp³-hybridized carbons (Fsp3) is 0.412. The molecule has 3 aliphatic rings. The van der Waals surface area contributed by atoms with Gasteiger partial charge in [0, 0.05) is 32.1 Å². The molecule has 0 saturated heterocycles. The molecule has 1 aromatic rings. The van der Waals surface area contributed by atoms with Crippen molar-refractivity contribution in [2.45, 2.75) is 31.7 Å². The van der Waals surface area contributed by atoms with Gasteiger partial charge in [0.05, 0.1) is 6.04 Å². The predicted molar refractivity (Wildman–Crippen MR) is 92.3 cm³/mol. The van der Waals surface area contributed by atoms with Crippen molar-refractivity contribution in [3.63, 3.8) is 0 Å². The molecule has 1 aliphatic carbocycles. The molecular weight excluding hydrogens is 304 g/mol. The highest BCUT2D eigenvalue weighted by molar-refractivity contribution is 5.73. The fourth-order valence-electron chi connectivity index (χ4n) is 3.41. The molecule has 0 aromatic carbocycles. The van der Waals surface area contributed by atoms with E-state index in [1.54, 1.807) is 12.4 Å². The number of nitrogens with one attached hydrogen (secondary N) is 1. The van der Waals surface area contributed by atoms with Gasteiger partial charge in [-0.05, 0) is 25.0 Å². The van der Waals surface area contributed by atoms with E-state index in [4.69, 9.17) is 4.98 Å². The van der Waals surface area contributed by atoms with Crippen LogP contribution in [0.25, 0.3) is 22.8 Å². The minimum atomic E-state index is -0.247. The molecule has 0 radical (unpaired) electrons. The second-order valence-corrected chi connectivity index (χ2v) is 6.45. The van der Waals surface area contributed by atoms with Crippen LogP contribution < -0.4 is 10.5 Å². The predicted octanol–water partition coefficient (Wildman–Crippen LogP) is 2.31. The van der Waals surface area contributed by atoms with E-state index >= 15 is 0 Å². The molecule has 7 nitrogen and oxygen atoms in total. The minimum Gasteiger partial charge on any atom is -0.362 e. The number of aromatic nitrogens is 5. The van der Waals surface area contributed by atoms with Crippen molar-refractivity contribution < 1.29 is 0 Å². The van der Waals surface area contributed by atoms with Crippen molar-refractivity contribution in [3.8, 4) is 22.8 Å². The topological polar surface area (TPSA) is 79.7 Å². The molecule has 2 aliphatic heterocycles. The number of hydrogen-bond acceptors (Lipinski definition) is 5. The van der Waals surface area contributed by atoms with Gasteiger partial charge in [-0.3, -0.25) is 19.6 Å². The molecule has 0 atom stereocenters. The van der Waals surface area contributed by atoms with Gasteiger partial charge >= 0.3 is 0 Å². The molecule has 0 amide bonds. The number of hydrogen-bond donors (Lipinski definition) is 1. The van der Waals surface area contributed by atoms with Crippen LogP contribution in [0.5, 0.6) is 0 Å². The molecule has 0 spiro atoms. The molecule has 3 heterocycles. The Kier molecular flexibility index (Phi) is 3.55. The van der Waals surface area contributed by atoms with Crippen LogP contribution in [-0.4, -0.2) is 38.8 Å². The maximum absolute atomic E-state index is 12.7. The van der Waals surface area contributed by atoms with Gasteiger partial charge < -0.3 is 4.90 Å². The Morgan fingerprint density at radius 2 is 1.88 bits per heavy atom. The van der Waals surface area contributed by atoms with Crippen LogP contribution in [0.4, 0.5) is 5.82 Å². The minimum absolute atomic E-state index is 0.247. The van der Waals surface area contributed by atoms with E-state index in [1.165, 1.54) is 12.8 Å². The Labute approximate surface area is 139 Å². The summed E-state index contributed by atoms with van der Waals surface area (Å²) in [6.45, 7) is 0. The first-order valence-electron chi connectivity index (χ1n) is 8.25. The maximum Gasteiger partial charge on any atom is 0.286 e. The van der Waals surface area contributed by atoms with Gasteiger partial charge in [0.2, 0.25) is 0 Å². The number of aromatic amines is 1. The number of pyridine rings is 1. The summed E-state index contributed by atoms with van der Waals surface area (Å²) in [6.07, 6.45) is 8.00. The number of H-pyrrole nitrogens is 1. The van der Waals surface area contributed by atoms with Gasteiger partial charge in [-0.15, -0.1) is 0 Å². The average molecular weight is 324 g/mol. The summed E-state index contributed by atoms with van der Waals surface area (Å²) in [5.41, 5.74) is 1.11. The quantitative estimate of drug-likeness (QED) is 0.800. The summed E-state index contributed by atoms with van der Waals surface area (Å²) >= 11 is 0. The van der Waals surface area contributed by atoms with Gasteiger partial charge in [0.25, 0.3) is 5.56 Å². The molecule has 24 heavy (non-hydrogen) atoms. The van der Waals surface area contributed by atoms with Crippen molar-refractivity contribution >= 4 is 5.82 Å². The van der Waals surface area contributed by atoms with Crippen molar-refractivity contribution in [1.82, 2.24) is 24.7 Å². The molecule has 1 N–H and O–H groups in total. The van der Waals surface area contributed by atoms with Gasteiger partial charge in [0.15, 0.2) is 11.6 Å². The number of anilines is 1. The van der Waals surface area contributed by atoms with E-state index in [1.807, 2.05) is 31.1 Å². The number of nitrogens with zero attached hydrogens (tertiary/aromatic N) is 5. The third-order valence-electron chi connectivity index (χ3n) is 4.62. The second kappa shape index (κ2) is 5.74. The number of fused-ring (bicyclic) bond motifs is 1. The molecule has 1 fully saturated rings. The average Bonchev–Trinajstić information content (AvgIpc) is 3.22. The van der Waals surface area contributed by atoms with Gasteiger partial charge in [-0.1, -0.05) is 12.8 Å². The Bertz CT molecular complexity index is 876. The molecule has 1 aromatic heterocycles. The second-order valence-electron chi connectivity index (χ2n) is 6.45. The maximum atomic E-state index is 12.7. The molecule has 0 bridgehead atoms. The van der Waals surface area contributed by atoms with E-state index in [0.29, 0.717) is 23.3 Å². The van der Waals surface area contributed by atoms with Crippen LogP contribution in [0, 0.1) is 0 Å². The van der Waals surface area contributed by atoms with E-state index < -0.39 is 0 Å². The fourth-order valence-corrected chi connectivity index (χ4v) is 3.41. The first-order valence-corrected chi connectivity index (χ1v) is 8.25. The van der Waals surface area contributed by atoms with Gasteiger partial charge in [0.1, 0.15) is 11.4 Å². The lowest BCUT2D eigenvalue weighted by Gasteiger charge is -2.13. The number of rotatable bonds is 3. The van der Waals surface area contributed by atoms with Crippen LogP contribution >= 0.6 is 0 Å². The highest BCUT2D eigenvalue weighted by Crippen LogP contribution is 2.36. The van der Waals surface area contributed by atoms with Crippen molar-refractivity contribution in [3.05, 3.63) is 34.9 Å². The van der Waals surface area contributed by atoms with Gasteiger partial charge in [-0.25, -0.2) is 4.98 Å². The van der Waals surface area contributed by atoms with Crippen molar-refractivity contribution in [1.29, 1.82) is 0 Å². The zero-order chi connectivity index (χ0) is 16.7. The Balaban J connectivity index is 1.95. The molecule has 7 heteroatoms. The summed E-state index contributed by atoms with van der Waals surface area (Å²) in [5.74, 6) is 1.91. The van der Waals surface area contributed by atoms with Crippen LogP contribution in [0.1, 0.15) is 31.7 Å². The van der Waals surface area contributed by atoms with E-state index in [2.05, 4.69) is 19.7 Å². The van der Waals surface area contributed by atoms with Crippen LogP contribution in [0.2, 0.25) is 0 Å². The zero-order valence-electron chi connectivity index (χ0n) is 13.9. The summed E-state index contributed by atoms with van der Waals surface area (Å²) in [6, 6.07) is 4.00.